The average molecular weight is 319 g/mol. The van der Waals surface area contributed by atoms with E-state index in [1.165, 1.54) is 103 Å². The first-order valence-corrected chi connectivity index (χ1v) is 10.7. The van der Waals surface area contributed by atoms with E-state index in [9.17, 15) is 0 Å². The van der Waals surface area contributed by atoms with Crippen molar-refractivity contribution in [2.75, 3.05) is 0 Å². The van der Waals surface area contributed by atoms with E-state index in [-0.39, 0.29) is 11.2 Å². The molecule has 0 radical (unpaired) electrons. The smallest absolute Gasteiger partial charge is 0.0718 e. The molecule has 23 heavy (non-hydrogen) atoms. The predicted octanol–water partition coefficient (Wildman–Crippen LogP) is 6.79. The lowest BCUT2D eigenvalue weighted by Crippen LogP contribution is -2.59. The summed E-state index contributed by atoms with van der Waals surface area (Å²) in [7, 11) is 0. The van der Waals surface area contributed by atoms with Crippen molar-refractivity contribution in [2.24, 2.45) is 10.8 Å². The van der Waals surface area contributed by atoms with Crippen LogP contribution in [-0.2, 0) is 4.74 Å². The number of hydrogen-bond donors (Lipinski definition) is 0. The highest BCUT2D eigenvalue weighted by molar-refractivity contribution is 5.08. The summed E-state index contributed by atoms with van der Waals surface area (Å²) in [4.78, 5) is 0. The highest BCUT2D eigenvalue weighted by Crippen LogP contribution is 2.62. The van der Waals surface area contributed by atoms with Crippen molar-refractivity contribution in [3.63, 3.8) is 0 Å². The van der Waals surface area contributed by atoms with Gasteiger partial charge >= 0.3 is 0 Å². The normalized spacial score (nSPS) is 42.5. The molecule has 0 aliphatic heterocycles. The molecule has 132 valence electrons. The van der Waals surface area contributed by atoms with Crippen molar-refractivity contribution in [3.8, 4) is 0 Å². The highest BCUT2D eigenvalue weighted by atomic mass is 16.5. The molecule has 4 aliphatic rings. The summed E-state index contributed by atoms with van der Waals surface area (Å²) >= 11 is 0. The fourth-order valence-electron chi connectivity index (χ4n) is 7.39. The second kappa shape index (κ2) is 5.75. The van der Waals surface area contributed by atoms with Gasteiger partial charge < -0.3 is 4.74 Å². The third-order valence-corrected chi connectivity index (χ3v) is 8.93. The quantitative estimate of drug-likeness (QED) is 0.544. The molecule has 2 spiro atoms. The maximum absolute atomic E-state index is 7.38. The molecule has 1 heteroatoms. The van der Waals surface area contributed by atoms with Crippen LogP contribution in [0.5, 0.6) is 0 Å². The van der Waals surface area contributed by atoms with Gasteiger partial charge in [0, 0.05) is 0 Å². The van der Waals surface area contributed by atoms with Crippen LogP contribution in [0.2, 0.25) is 0 Å². The molecule has 2 atom stereocenters. The van der Waals surface area contributed by atoms with E-state index in [1.807, 2.05) is 0 Å². The van der Waals surface area contributed by atoms with Gasteiger partial charge in [0.05, 0.1) is 11.2 Å². The number of rotatable bonds is 2. The predicted molar refractivity (Wildman–Crippen MR) is 96.6 cm³/mol. The molecule has 0 aromatic heterocycles. The van der Waals surface area contributed by atoms with Crippen LogP contribution < -0.4 is 0 Å². The topological polar surface area (TPSA) is 9.23 Å². The third-order valence-electron chi connectivity index (χ3n) is 8.93. The minimum atomic E-state index is 0.156. The van der Waals surface area contributed by atoms with Gasteiger partial charge in [0.25, 0.3) is 0 Å². The van der Waals surface area contributed by atoms with Crippen molar-refractivity contribution in [3.05, 3.63) is 0 Å². The van der Waals surface area contributed by atoms with Crippen molar-refractivity contribution in [2.45, 2.75) is 128 Å². The van der Waals surface area contributed by atoms with Gasteiger partial charge in [-0.3, -0.25) is 0 Å². The van der Waals surface area contributed by atoms with Gasteiger partial charge in [-0.15, -0.1) is 0 Å². The molecule has 0 heterocycles. The molecule has 0 aromatic rings. The average Bonchev–Trinajstić information content (AvgIpc) is 3.18. The van der Waals surface area contributed by atoms with Crippen LogP contribution in [0, 0.1) is 10.8 Å². The van der Waals surface area contributed by atoms with Gasteiger partial charge in [-0.2, -0.15) is 0 Å². The summed E-state index contributed by atoms with van der Waals surface area (Å²) in [5, 5.41) is 0. The zero-order valence-corrected chi connectivity index (χ0v) is 15.7. The molecule has 4 fully saturated rings. The Bertz CT molecular complexity index is 389. The Morgan fingerprint density at radius 3 is 1.00 bits per heavy atom. The van der Waals surface area contributed by atoms with Gasteiger partial charge in [0.15, 0.2) is 0 Å². The summed E-state index contributed by atoms with van der Waals surface area (Å²) in [6.45, 7) is 5.06. The van der Waals surface area contributed by atoms with E-state index in [0.717, 1.165) is 0 Å². The summed E-state index contributed by atoms with van der Waals surface area (Å²) in [5.74, 6) is 0. The van der Waals surface area contributed by atoms with Crippen LogP contribution >= 0.6 is 0 Å². The van der Waals surface area contributed by atoms with Crippen LogP contribution in [0.3, 0.4) is 0 Å². The first kappa shape index (κ1) is 16.4. The monoisotopic (exact) mass is 318 g/mol. The molecule has 4 rings (SSSR count). The molecular weight excluding hydrogens is 280 g/mol. The standard InChI is InChI=1S/C22H38O/c1-19(11-3-5-13-21(19)15-7-8-16-21)23-20(2)12-4-6-14-22(20)17-9-10-18-22/h3-18H2,1-2H3. The molecule has 0 N–H and O–H groups in total. The SMILES string of the molecule is CC1(OC2(C)CCCCC23CCCC3)CCCCC12CCCC2. The van der Waals surface area contributed by atoms with Crippen molar-refractivity contribution < 1.29 is 4.74 Å². The summed E-state index contributed by atoms with van der Waals surface area (Å²) in [6.07, 6.45) is 22.7. The Kier molecular flexibility index (Phi) is 4.11. The Hall–Kier alpha value is -0.0400. The van der Waals surface area contributed by atoms with Gasteiger partial charge in [-0.25, -0.2) is 0 Å². The van der Waals surface area contributed by atoms with Gasteiger partial charge in [0.1, 0.15) is 0 Å². The third kappa shape index (κ3) is 2.43. The maximum Gasteiger partial charge on any atom is 0.0718 e. The molecule has 4 saturated carbocycles. The molecule has 4 aliphatic carbocycles. The summed E-state index contributed by atoms with van der Waals surface area (Å²) in [6, 6.07) is 0. The molecule has 0 amide bonds. The molecule has 0 saturated heterocycles. The minimum absolute atomic E-state index is 0.156. The van der Waals surface area contributed by atoms with E-state index in [0.29, 0.717) is 10.8 Å². The summed E-state index contributed by atoms with van der Waals surface area (Å²) < 4.78 is 7.38. The molecule has 2 unspecified atom stereocenters. The number of ether oxygens (including phenoxy) is 1. The van der Waals surface area contributed by atoms with E-state index in [4.69, 9.17) is 4.74 Å². The van der Waals surface area contributed by atoms with Gasteiger partial charge in [0.2, 0.25) is 0 Å². The Balaban J connectivity index is 1.63. The van der Waals surface area contributed by atoms with Crippen molar-refractivity contribution in [1.29, 1.82) is 0 Å². The number of hydrogen-bond acceptors (Lipinski definition) is 1. The maximum atomic E-state index is 7.38. The molecule has 0 aromatic carbocycles. The van der Waals surface area contributed by atoms with Gasteiger partial charge in [-0.1, -0.05) is 51.4 Å². The largest absolute Gasteiger partial charge is 0.368 e. The van der Waals surface area contributed by atoms with E-state index < -0.39 is 0 Å². The van der Waals surface area contributed by atoms with Crippen LogP contribution in [0.4, 0.5) is 0 Å². The lowest BCUT2D eigenvalue weighted by Gasteiger charge is -2.59. The highest BCUT2D eigenvalue weighted by Gasteiger charge is 2.59. The van der Waals surface area contributed by atoms with Crippen LogP contribution in [0.25, 0.3) is 0 Å². The Morgan fingerprint density at radius 2 is 0.696 bits per heavy atom. The van der Waals surface area contributed by atoms with E-state index >= 15 is 0 Å². The van der Waals surface area contributed by atoms with Crippen LogP contribution in [0.15, 0.2) is 0 Å². The zero-order valence-electron chi connectivity index (χ0n) is 15.7. The second-order valence-corrected chi connectivity index (χ2v) is 9.95. The molecule has 0 bridgehead atoms. The Morgan fingerprint density at radius 1 is 0.435 bits per heavy atom. The van der Waals surface area contributed by atoms with E-state index in [2.05, 4.69) is 13.8 Å². The van der Waals surface area contributed by atoms with Crippen LogP contribution in [0.1, 0.15) is 117 Å². The first-order chi connectivity index (χ1) is 11.0. The zero-order chi connectivity index (χ0) is 16.0. The Labute approximate surface area is 143 Å². The molecular formula is C22H38O. The fraction of sp³-hybridized carbons (Fsp3) is 1.00. The van der Waals surface area contributed by atoms with E-state index in [1.54, 1.807) is 0 Å². The fourth-order valence-corrected chi connectivity index (χ4v) is 7.39. The molecule has 1 nitrogen and oxygen atoms in total. The summed E-state index contributed by atoms with van der Waals surface area (Å²) in [5.41, 5.74) is 1.35. The first-order valence-electron chi connectivity index (χ1n) is 10.7. The van der Waals surface area contributed by atoms with Crippen LogP contribution in [-0.4, -0.2) is 11.2 Å². The van der Waals surface area contributed by atoms with Crippen molar-refractivity contribution >= 4 is 0 Å². The lowest BCUT2D eigenvalue weighted by molar-refractivity contribution is -0.261. The van der Waals surface area contributed by atoms with Crippen molar-refractivity contribution in [1.82, 2.24) is 0 Å². The minimum Gasteiger partial charge on any atom is -0.368 e. The van der Waals surface area contributed by atoms with Gasteiger partial charge in [-0.05, 0) is 76.0 Å². The lowest BCUT2D eigenvalue weighted by atomic mass is 9.59. The second-order valence-electron chi connectivity index (χ2n) is 9.95.